The van der Waals surface area contributed by atoms with E-state index in [9.17, 15) is 4.79 Å². The highest BCUT2D eigenvalue weighted by atomic mass is 79.9. The molecule has 1 aromatic heterocycles. The first kappa shape index (κ1) is 19.7. The lowest BCUT2D eigenvalue weighted by molar-refractivity contribution is -0.119. The van der Waals surface area contributed by atoms with Gasteiger partial charge in [-0.25, -0.2) is 4.68 Å². The second-order valence-corrected chi connectivity index (χ2v) is 7.96. The molecule has 0 bridgehead atoms. The molecule has 1 unspecified atom stereocenters. The monoisotopic (exact) mass is 465 g/mol. The van der Waals surface area contributed by atoms with E-state index in [0.717, 1.165) is 15.6 Å². The number of nitrogens with one attached hydrogen (secondary N) is 1. The van der Waals surface area contributed by atoms with Crippen LogP contribution < -0.4 is 11.2 Å². The average Bonchev–Trinajstić information content (AvgIpc) is 3.01. The zero-order valence-corrected chi connectivity index (χ0v) is 17.6. The number of benzene rings is 2. The maximum Gasteiger partial charge on any atom is 0.230 e. The molecule has 0 saturated heterocycles. The Bertz CT molecular complexity index is 964. The van der Waals surface area contributed by atoms with Gasteiger partial charge < -0.3 is 11.2 Å². The smallest absolute Gasteiger partial charge is 0.230 e. The number of carbonyl (C=O) groups is 1. The maximum absolute atomic E-state index is 12.3. The first-order valence-corrected chi connectivity index (χ1v) is 10.2. The van der Waals surface area contributed by atoms with Gasteiger partial charge in [0.1, 0.15) is 0 Å². The standard InChI is InChI=1S/C18H17BrClN5OS/c1-11(12-6-3-5-9-15(12)20)22-16(26)10-27-18-24-23-17(25(18)21)13-7-2-4-8-14(13)19/h2-9,11H,10,21H2,1H3,(H,22,26). The van der Waals surface area contributed by atoms with Gasteiger partial charge in [-0.3, -0.25) is 4.79 Å². The van der Waals surface area contributed by atoms with Crippen molar-refractivity contribution in [2.75, 3.05) is 11.6 Å². The van der Waals surface area contributed by atoms with Crippen molar-refractivity contribution in [3.05, 3.63) is 63.6 Å². The van der Waals surface area contributed by atoms with Crippen LogP contribution in [0.25, 0.3) is 11.4 Å². The van der Waals surface area contributed by atoms with Gasteiger partial charge in [-0.05, 0) is 30.7 Å². The molecule has 0 fully saturated rings. The highest BCUT2D eigenvalue weighted by Crippen LogP contribution is 2.28. The lowest BCUT2D eigenvalue weighted by Gasteiger charge is -2.15. The van der Waals surface area contributed by atoms with Gasteiger partial charge in [0, 0.05) is 15.1 Å². The van der Waals surface area contributed by atoms with Crippen LogP contribution in [0.2, 0.25) is 5.02 Å². The summed E-state index contributed by atoms with van der Waals surface area (Å²) in [5.41, 5.74) is 1.70. The van der Waals surface area contributed by atoms with Gasteiger partial charge in [0.15, 0.2) is 5.82 Å². The minimum atomic E-state index is -0.196. The zero-order chi connectivity index (χ0) is 19.4. The topological polar surface area (TPSA) is 85.8 Å². The molecule has 6 nitrogen and oxygen atoms in total. The van der Waals surface area contributed by atoms with Crippen molar-refractivity contribution in [2.24, 2.45) is 0 Å². The molecule has 27 heavy (non-hydrogen) atoms. The maximum atomic E-state index is 12.3. The fourth-order valence-corrected chi connectivity index (χ4v) is 3.95. The zero-order valence-electron chi connectivity index (χ0n) is 14.4. The Morgan fingerprint density at radius 2 is 1.96 bits per heavy atom. The molecule has 9 heteroatoms. The van der Waals surface area contributed by atoms with E-state index < -0.39 is 0 Å². The van der Waals surface area contributed by atoms with Gasteiger partial charge in [0.05, 0.1) is 11.8 Å². The summed E-state index contributed by atoms with van der Waals surface area (Å²) >= 11 is 10.9. The lowest BCUT2D eigenvalue weighted by atomic mass is 10.1. The van der Waals surface area contributed by atoms with E-state index in [4.69, 9.17) is 17.4 Å². The minimum Gasteiger partial charge on any atom is -0.349 e. The third kappa shape index (κ3) is 4.63. The molecule has 0 saturated carbocycles. The van der Waals surface area contributed by atoms with Crippen LogP contribution in [0.3, 0.4) is 0 Å². The molecule has 0 aliphatic carbocycles. The van der Waals surface area contributed by atoms with Crippen LogP contribution >= 0.6 is 39.3 Å². The van der Waals surface area contributed by atoms with Crippen molar-refractivity contribution in [1.29, 1.82) is 0 Å². The largest absolute Gasteiger partial charge is 0.349 e. The Balaban J connectivity index is 1.63. The predicted molar refractivity (Wildman–Crippen MR) is 112 cm³/mol. The third-order valence-electron chi connectivity index (χ3n) is 3.86. The molecule has 0 aliphatic rings. The molecule has 140 valence electrons. The number of halogens is 2. The van der Waals surface area contributed by atoms with Gasteiger partial charge in [0.2, 0.25) is 11.1 Å². The highest BCUT2D eigenvalue weighted by Gasteiger charge is 2.17. The number of aromatic nitrogens is 3. The highest BCUT2D eigenvalue weighted by molar-refractivity contribution is 9.10. The van der Waals surface area contributed by atoms with Gasteiger partial charge in [-0.2, -0.15) is 0 Å². The van der Waals surface area contributed by atoms with Crippen molar-refractivity contribution in [1.82, 2.24) is 20.2 Å². The van der Waals surface area contributed by atoms with E-state index in [0.29, 0.717) is 16.0 Å². The minimum absolute atomic E-state index is 0.141. The number of nitrogens with two attached hydrogens (primary N) is 1. The molecule has 3 N–H and O–H groups in total. The summed E-state index contributed by atoms with van der Waals surface area (Å²) in [7, 11) is 0. The number of nitrogens with zero attached hydrogens (tertiary/aromatic N) is 3. The van der Waals surface area contributed by atoms with E-state index in [1.807, 2.05) is 49.4 Å². The number of hydrogen-bond acceptors (Lipinski definition) is 5. The normalized spacial score (nSPS) is 12.0. The number of carbonyl (C=O) groups excluding carboxylic acids is 1. The second kappa shape index (κ2) is 8.77. The summed E-state index contributed by atoms with van der Waals surface area (Å²) in [5.74, 6) is 6.65. The Kier molecular flexibility index (Phi) is 6.41. The van der Waals surface area contributed by atoms with Crippen LogP contribution in [0.1, 0.15) is 18.5 Å². The van der Waals surface area contributed by atoms with E-state index in [-0.39, 0.29) is 17.7 Å². The molecule has 0 radical (unpaired) electrons. The van der Waals surface area contributed by atoms with E-state index in [1.54, 1.807) is 6.07 Å². The Labute approximate surface area is 174 Å². The van der Waals surface area contributed by atoms with E-state index in [2.05, 4.69) is 31.4 Å². The molecular formula is C18H17BrClN5OS. The SMILES string of the molecule is CC(NC(=O)CSc1nnc(-c2ccccc2Br)n1N)c1ccccc1Cl. The second-order valence-electron chi connectivity index (χ2n) is 5.76. The summed E-state index contributed by atoms with van der Waals surface area (Å²) in [6.45, 7) is 1.89. The molecule has 1 amide bonds. The average molecular weight is 467 g/mol. The van der Waals surface area contributed by atoms with Crippen molar-refractivity contribution in [3.63, 3.8) is 0 Å². The van der Waals surface area contributed by atoms with Crippen molar-refractivity contribution >= 4 is 45.2 Å². The fourth-order valence-electron chi connectivity index (χ4n) is 2.52. The molecule has 1 atom stereocenters. The molecule has 0 aliphatic heterocycles. The first-order valence-electron chi connectivity index (χ1n) is 8.09. The molecule has 3 aromatic rings. The van der Waals surface area contributed by atoms with Gasteiger partial charge >= 0.3 is 0 Å². The van der Waals surface area contributed by atoms with Gasteiger partial charge in [-0.15, -0.1) is 10.2 Å². The van der Waals surface area contributed by atoms with Crippen LogP contribution in [0.15, 0.2) is 58.2 Å². The van der Waals surface area contributed by atoms with Crippen molar-refractivity contribution < 1.29 is 4.79 Å². The quantitative estimate of drug-likeness (QED) is 0.423. The van der Waals surface area contributed by atoms with E-state index in [1.165, 1.54) is 16.4 Å². The van der Waals surface area contributed by atoms with Crippen LogP contribution in [0.4, 0.5) is 0 Å². The van der Waals surface area contributed by atoms with Crippen LogP contribution in [0, 0.1) is 0 Å². The summed E-state index contributed by atoms with van der Waals surface area (Å²) in [6.07, 6.45) is 0. The molecule has 3 rings (SSSR count). The number of rotatable bonds is 6. The summed E-state index contributed by atoms with van der Waals surface area (Å²) in [4.78, 5) is 12.3. The van der Waals surface area contributed by atoms with Crippen molar-refractivity contribution in [3.8, 4) is 11.4 Å². The third-order valence-corrected chi connectivity index (χ3v) is 5.84. The van der Waals surface area contributed by atoms with Crippen molar-refractivity contribution in [2.45, 2.75) is 18.1 Å². The molecule has 2 aromatic carbocycles. The number of nitrogen functional groups attached to an aromatic ring is 1. The van der Waals surface area contributed by atoms with Gasteiger partial charge in [-0.1, -0.05) is 69.6 Å². The Morgan fingerprint density at radius 1 is 1.26 bits per heavy atom. The Morgan fingerprint density at radius 3 is 2.70 bits per heavy atom. The Hall–Kier alpha value is -2.03. The number of amides is 1. The van der Waals surface area contributed by atoms with Gasteiger partial charge in [0.25, 0.3) is 0 Å². The molecule has 1 heterocycles. The number of thioether (sulfide) groups is 1. The fraction of sp³-hybridized carbons (Fsp3) is 0.167. The first-order chi connectivity index (χ1) is 13.0. The predicted octanol–water partition coefficient (Wildman–Crippen LogP) is 4.04. The van der Waals surface area contributed by atoms with Crippen LogP contribution in [-0.4, -0.2) is 26.5 Å². The van der Waals surface area contributed by atoms with Crippen LogP contribution in [-0.2, 0) is 4.79 Å². The molecular weight excluding hydrogens is 450 g/mol. The van der Waals surface area contributed by atoms with Crippen LogP contribution in [0.5, 0.6) is 0 Å². The van der Waals surface area contributed by atoms with E-state index >= 15 is 0 Å². The molecule has 0 spiro atoms. The summed E-state index contributed by atoms with van der Waals surface area (Å²) in [6, 6.07) is 14.8. The summed E-state index contributed by atoms with van der Waals surface area (Å²) in [5, 5.41) is 12.2. The lowest BCUT2D eigenvalue weighted by Crippen LogP contribution is -2.28. The number of hydrogen-bond donors (Lipinski definition) is 2. The summed E-state index contributed by atoms with van der Waals surface area (Å²) < 4.78 is 2.25.